The van der Waals surface area contributed by atoms with Gasteiger partial charge in [-0.05, 0) is 42.5 Å². The number of carbonyl (C=O) groups is 2. The van der Waals surface area contributed by atoms with Crippen LogP contribution in [0, 0.1) is 0 Å². The normalized spacial score (nSPS) is 10.3. The number of halogens is 1. The van der Waals surface area contributed by atoms with Gasteiger partial charge in [0.2, 0.25) is 5.91 Å². The van der Waals surface area contributed by atoms with Gasteiger partial charge in [0.25, 0.3) is 5.91 Å². The van der Waals surface area contributed by atoms with Crippen LogP contribution in [0.4, 0.5) is 11.4 Å². The molecule has 0 bridgehead atoms. The van der Waals surface area contributed by atoms with E-state index in [1.807, 2.05) is 24.3 Å². The summed E-state index contributed by atoms with van der Waals surface area (Å²) in [5.41, 5.74) is 0.851. The van der Waals surface area contributed by atoms with Gasteiger partial charge in [0.15, 0.2) is 5.76 Å². The molecule has 0 atom stereocenters. The molecule has 0 spiro atoms. The van der Waals surface area contributed by atoms with Crippen molar-refractivity contribution >= 4 is 39.1 Å². The Morgan fingerprint density at radius 2 is 1.83 bits per heavy atom. The van der Waals surface area contributed by atoms with E-state index < -0.39 is 5.91 Å². The molecule has 3 aromatic rings. The van der Waals surface area contributed by atoms with Crippen molar-refractivity contribution in [3.05, 3.63) is 70.6 Å². The van der Waals surface area contributed by atoms with Crippen molar-refractivity contribution < 1.29 is 23.5 Å². The van der Waals surface area contributed by atoms with Gasteiger partial charge >= 0.3 is 0 Å². The van der Waals surface area contributed by atoms with Crippen LogP contribution in [0.3, 0.4) is 0 Å². The average molecular weight is 459 g/mol. The Hall–Kier alpha value is -3.26. The molecule has 29 heavy (non-hydrogen) atoms. The minimum Gasteiger partial charge on any atom is -0.497 e. The second-order valence-electron chi connectivity index (χ2n) is 6.06. The number of furan rings is 1. The largest absolute Gasteiger partial charge is 0.497 e. The van der Waals surface area contributed by atoms with Gasteiger partial charge in [0.1, 0.15) is 23.9 Å². The lowest BCUT2D eigenvalue weighted by molar-refractivity contribution is -0.114. The summed E-state index contributed by atoms with van der Waals surface area (Å²) in [7, 11) is 1.52. The molecule has 0 aliphatic carbocycles. The molecule has 0 fully saturated rings. The number of hydrogen-bond donors (Lipinski definition) is 2. The number of anilines is 2. The zero-order chi connectivity index (χ0) is 20.8. The fourth-order valence-electron chi connectivity index (χ4n) is 2.53. The van der Waals surface area contributed by atoms with E-state index in [4.69, 9.17) is 13.9 Å². The first-order valence-electron chi connectivity index (χ1n) is 8.68. The van der Waals surface area contributed by atoms with Gasteiger partial charge in [-0.2, -0.15) is 0 Å². The van der Waals surface area contributed by atoms with Gasteiger partial charge in [-0.25, -0.2) is 0 Å². The van der Waals surface area contributed by atoms with Crippen molar-refractivity contribution in [3.8, 4) is 11.5 Å². The standard InChI is InChI=1S/C21H19BrN2O5/c1-13(25)23-18-8-6-15(27-2)11-19(18)24-21(26)20-9-7-17(29-20)12-28-16-5-3-4-14(22)10-16/h3-11H,12H2,1-2H3,(H,23,25)(H,24,26). The molecule has 3 rings (SSSR count). The van der Waals surface area contributed by atoms with Crippen LogP contribution in [0.2, 0.25) is 0 Å². The van der Waals surface area contributed by atoms with E-state index in [2.05, 4.69) is 26.6 Å². The summed E-state index contributed by atoms with van der Waals surface area (Å²) in [6.45, 7) is 1.57. The molecule has 0 aliphatic heterocycles. The van der Waals surface area contributed by atoms with Gasteiger partial charge in [0, 0.05) is 17.5 Å². The number of methoxy groups -OCH3 is 1. The van der Waals surface area contributed by atoms with E-state index in [1.165, 1.54) is 14.0 Å². The first-order valence-corrected chi connectivity index (χ1v) is 9.48. The van der Waals surface area contributed by atoms with Crippen LogP contribution in [-0.4, -0.2) is 18.9 Å². The Kier molecular flexibility index (Phi) is 6.56. The number of amides is 2. The fraction of sp³-hybridized carbons (Fsp3) is 0.143. The highest BCUT2D eigenvalue weighted by Crippen LogP contribution is 2.28. The molecule has 0 saturated carbocycles. The van der Waals surface area contributed by atoms with Crippen molar-refractivity contribution in [2.45, 2.75) is 13.5 Å². The van der Waals surface area contributed by atoms with Crippen molar-refractivity contribution in [2.24, 2.45) is 0 Å². The Morgan fingerprint density at radius 3 is 2.55 bits per heavy atom. The maximum absolute atomic E-state index is 12.6. The summed E-state index contributed by atoms with van der Waals surface area (Å²) in [6.07, 6.45) is 0. The van der Waals surface area contributed by atoms with Crippen LogP contribution < -0.4 is 20.1 Å². The first kappa shape index (κ1) is 20.5. The number of hydrogen-bond acceptors (Lipinski definition) is 5. The first-order chi connectivity index (χ1) is 13.9. The molecule has 0 saturated heterocycles. The molecule has 0 radical (unpaired) electrons. The lowest BCUT2D eigenvalue weighted by Gasteiger charge is -2.12. The smallest absolute Gasteiger partial charge is 0.291 e. The number of ether oxygens (including phenoxy) is 2. The summed E-state index contributed by atoms with van der Waals surface area (Å²) in [6, 6.07) is 15.6. The molecule has 0 unspecified atom stereocenters. The van der Waals surface area contributed by atoms with E-state index in [0.29, 0.717) is 28.6 Å². The quantitative estimate of drug-likeness (QED) is 0.528. The molecular weight excluding hydrogens is 440 g/mol. The van der Waals surface area contributed by atoms with Gasteiger partial charge in [-0.1, -0.05) is 22.0 Å². The topological polar surface area (TPSA) is 89.8 Å². The highest BCUT2D eigenvalue weighted by Gasteiger charge is 2.15. The predicted molar refractivity (Wildman–Crippen MR) is 112 cm³/mol. The Bertz CT molecular complexity index is 1030. The zero-order valence-electron chi connectivity index (χ0n) is 15.8. The summed E-state index contributed by atoms with van der Waals surface area (Å²) in [5.74, 6) is 1.13. The van der Waals surface area contributed by atoms with E-state index in [1.54, 1.807) is 30.3 Å². The van der Waals surface area contributed by atoms with Gasteiger partial charge in [-0.15, -0.1) is 0 Å². The Balaban J connectivity index is 1.69. The minimum absolute atomic E-state index is 0.120. The van der Waals surface area contributed by atoms with Crippen LogP contribution in [0.15, 0.2) is 63.5 Å². The van der Waals surface area contributed by atoms with E-state index in [-0.39, 0.29) is 18.3 Å². The monoisotopic (exact) mass is 458 g/mol. The molecule has 7 nitrogen and oxygen atoms in total. The third-order valence-corrected chi connectivity index (χ3v) is 4.34. The minimum atomic E-state index is -0.460. The van der Waals surface area contributed by atoms with Crippen molar-refractivity contribution in [1.82, 2.24) is 0 Å². The van der Waals surface area contributed by atoms with Crippen LogP contribution in [-0.2, 0) is 11.4 Å². The maximum Gasteiger partial charge on any atom is 0.291 e. The van der Waals surface area contributed by atoms with Crippen molar-refractivity contribution in [3.63, 3.8) is 0 Å². The van der Waals surface area contributed by atoms with Gasteiger partial charge in [0.05, 0.1) is 18.5 Å². The number of benzene rings is 2. The molecule has 8 heteroatoms. The number of nitrogens with one attached hydrogen (secondary N) is 2. The summed E-state index contributed by atoms with van der Waals surface area (Å²) >= 11 is 3.38. The molecule has 2 amide bonds. The Labute approximate surface area is 176 Å². The van der Waals surface area contributed by atoms with E-state index in [9.17, 15) is 9.59 Å². The van der Waals surface area contributed by atoms with Crippen LogP contribution in [0.5, 0.6) is 11.5 Å². The van der Waals surface area contributed by atoms with E-state index in [0.717, 1.165) is 4.47 Å². The molecule has 2 N–H and O–H groups in total. The lowest BCUT2D eigenvalue weighted by Crippen LogP contribution is -2.14. The summed E-state index contributed by atoms with van der Waals surface area (Å²) < 4.78 is 17.3. The average Bonchev–Trinajstić information content (AvgIpc) is 3.16. The Morgan fingerprint density at radius 1 is 1.00 bits per heavy atom. The zero-order valence-corrected chi connectivity index (χ0v) is 17.4. The second-order valence-corrected chi connectivity index (χ2v) is 6.97. The second kappa shape index (κ2) is 9.29. The molecule has 1 heterocycles. The van der Waals surface area contributed by atoms with Crippen LogP contribution >= 0.6 is 15.9 Å². The lowest BCUT2D eigenvalue weighted by atomic mass is 10.2. The highest BCUT2D eigenvalue weighted by molar-refractivity contribution is 9.10. The highest BCUT2D eigenvalue weighted by atomic mass is 79.9. The van der Waals surface area contributed by atoms with Crippen LogP contribution in [0.25, 0.3) is 0 Å². The maximum atomic E-state index is 12.6. The third-order valence-electron chi connectivity index (χ3n) is 3.85. The predicted octanol–water partition coefficient (Wildman–Crippen LogP) is 4.84. The molecule has 150 valence electrons. The third kappa shape index (κ3) is 5.61. The van der Waals surface area contributed by atoms with Gasteiger partial charge < -0.3 is 24.5 Å². The molecule has 0 aliphatic rings. The molecule has 2 aromatic carbocycles. The summed E-state index contributed by atoms with van der Waals surface area (Å²) in [4.78, 5) is 24.0. The SMILES string of the molecule is COc1ccc(NC(C)=O)c(NC(=O)c2ccc(COc3cccc(Br)c3)o2)c1. The summed E-state index contributed by atoms with van der Waals surface area (Å²) in [5, 5.41) is 5.39. The van der Waals surface area contributed by atoms with E-state index >= 15 is 0 Å². The van der Waals surface area contributed by atoms with Crippen molar-refractivity contribution in [1.29, 1.82) is 0 Å². The van der Waals surface area contributed by atoms with Crippen molar-refractivity contribution in [2.75, 3.05) is 17.7 Å². The van der Waals surface area contributed by atoms with Gasteiger partial charge in [-0.3, -0.25) is 9.59 Å². The molecular formula is C21H19BrN2O5. The fourth-order valence-corrected chi connectivity index (χ4v) is 2.90. The molecule has 1 aromatic heterocycles. The van der Waals surface area contributed by atoms with Crippen LogP contribution in [0.1, 0.15) is 23.2 Å². The number of rotatable bonds is 7. The number of carbonyl (C=O) groups excluding carboxylic acids is 2.